The first kappa shape index (κ1) is 23.1. The Bertz CT molecular complexity index is 1050. The number of carbonyl (C=O) groups excluding carboxylic acids is 1. The highest BCUT2D eigenvalue weighted by Gasteiger charge is 2.44. The van der Waals surface area contributed by atoms with Gasteiger partial charge in [-0.2, -0.15) is 0 Å². The summed E-state index contributed by atoms with van der Waals surface area (Å²) in [4.78, 5) is 17.5. The van der Waals surface area contributed by atoms with Crippen LogP contribution in [0.3, 0.4) is 0 Å². The third-order valence-electron chi connectivity index (χ3n) is 6.30. The van der Waals surface area contributed by atoms with Crippen molar-refractivity contribution < 1.29 is 14.1 Å². The van der Waals surface area contributed by atoms with Crippen molar-refractivity contribution in [3.63, 3.8) is 0 Å². The van der Waals surface area contributed by atoms with Gasteiger partial charge in [-0.15, -0.1) is 0 Å². The van der Waals surface area contributed by atoms with Crippen LogP contribution < -0.4 is 4.74 Å². The number of carbonyl (C=O) groups is 1. The molecule has 1 aliphatic rings. The van der Waals surface area contributed by atoms with E-state index in [1.807, 2.05) is 69.6 Å². The number of hydrogen-bond acceptors (Lipinski definition) is 5. The minimum absolute atomic E-state index is 0.150. The molecule has 0 aliphatic carbocycles. The highest BCUT2D eigenvalue weighted by atomic mass is 16.5. The Morgan fingerprint density at radius 2 is 1.91 bits per heavy atom. The molecule has 2 aromatic carbocycles. The van der Waals surface area contributed by atoms with Gasteiger partial charge >= 0.3 is 0 Å². The fourth-order valence-corrected chi connectivity index (χ4v) is 4.82. The molecule has 2 heterocycles. The molecule has 1 aromatic heterocycles. The molecule has 0 radical (unpaired) electrons. The fourth-order valence-electron chi connectivity index (χ4n) is 4.82. The summed E-state index contributed by atoms with van der Waals surface area (Å²) in [5.74, 6) is 1.79. The monoisotopic (exact) mass is 447 g/mol. The Balaban J connectivity index is 1.52. The quantitative estimate of drug-likeness (QED) is 0.503. The molecule has 33 heavy (non-hydrogen) atoms. The van der Waals surface area contributed by atoms with Crippen molar-refractivity contribution >= 4 is 5.91 Å². The number of hydrogen-bond donors (Lipinski definition) is 0. The van der Waals surface area contributed by atoms with E-state index in [0.29, 0.717) is 19.6 Å². The zero-order valence-electron chi connectivity index (χ0n) is 19.8. The Morgan fingerprint density at radius 1 is 1.15 bits per heavy atom. The lowest BCUT2D eigenvalue weighted by molar-refractivity contribution is -0.143. The molecule has 1 amide bonds. The summed E-state index contributed by atoms with van der Waals surface area (Å²) in [6.07, 6.45) is 2.35. The molecule has 0 N–H and O–H groups in total. The molecule has 0 bridgehead atoms. The molecular formula is C27H33N3O3. The van der Waals surface area contributed by atoms with E-state index in [4.69, 9.17) is 9.26 Å². The highest BCUT2D eigenvalue weighted by Crippen LogP contribution is 2.37. The zero-order chi connectivity index (χ0) is 23.3. The number of likely N-dealkylation sites (tertiary alicyclic amines) is 1. The summed E-state index contributed by atoms with van der Waals surface area (Å²) >= 11 is 0. The summed E-state index contributed by atoms with van der Waals surface area (Å²) in [6.45, 7) is 5.12. The molecule has 6 nitrogen and oxygen atoms in total. The maximum atomic E-state index is 13.4. The Labute approximate surface area is 196 Å². The fraction of sp³-hybridized carbons (Fsp3) is 0.407. The minimum atomic E-state index is -0.527. The minimum Gasteiger partial charge on any atom is -0.494 e. The van der Waals surface area contributed by atoms with Crippen molar-refractivity contribution in [3.05, 3.63) is 72.0 Å². The number of piperidine rings is 1. The van der Waals surface area contributed by atoms with E-state index in [1.54, 1.807) is 4.90 Å². The predicted octanol–water partition coefficient (Wildman–Crippen LogP) is 4.65. The molecular weight excluding hydrogens is 414 g/mol. The van der Waals surface area contributed by atoms with Crippen molar-refractivity contribution in [1.82, 2.24) is 15.0 Å². The zero-order valence-corrected chi connectivity index (χ0v) is 19.8. The van der Waals surface area contributed by atoms with Gasteiger partial charge in [-0.1, -0.05) is 47.6 Å². The van der Waals surface area contributed by atoms with Gasteiger partial charge < -0.3 is 14.2 Å². The number of nitrogens with zero attached hydrogens (tertiary/aromatic N) is 3. The molecule has 4 rings (SSSR count). The van der Waals surface area contributed by atoms with Crippen LogP contribution in [0.1, 0.15) is 31.1 Å². The second-order valence-corrected chi connectivity index (χ2v) is 9.09. The van der Waals surface area contributed by atoms with Crippen molar-refractivity contribution in [3.8, 4) is 17.0 Å². The molecule has 1 aliphatic heterocycles. The van der Waals surface area contributed by atoms with Crippen molar-refractivity contribution in [1.29, 1.82) is 0 Å². The lowest BCUT2D eigenvalue weighted by Gasteiger charge is -2.42. The van der Waals surface area contributed by atoms with E-state index in [9.17, 15) is 4.79 Å². The first-order chi connectivity index (χ1) is 16.0. The van der Waals surface area contributed by atoms with Gasteiger partial charge in [0.2, 0.25) is 5.91 Å². The Morgan fingerprint density at radius 3 is 2.61 bits per heavy atom. The molecule has 0 spiro atoms. The average Bonchev–Trinajstić information content (AvgIpc) is 3.29. The SMILES string of the molecule is CCOc1ccc(CN2CCC[C@@](Cc3cc(-c4ccccc4)no3)(C(=O)N(C)C)C2)cc1. The lowest BCUT2D eigenvalue weighted by atomic mass is 9.75. The van der Waals surface area contributed by atoms with E-state index in [-0.39, 0.29) is 5.91 Å². The van der Waals surface area contributed by atoms with E-state index >= 15 is 0 Å². The van der Waals surface area contributed by atoms with Gasteiger partial charge in [0, 0.05) is 45.2 Å². The molecule has 3 aromatic rings. The standard InChI is InChI=1S/C27H33N3O3/c1-4-32-23-13-11-21(12-14-23)19-30-16-8-15-27(20-30,26(31)29(2)3)18-24-17-25(28-33-24)22-9-6-5-7-10-22/h5-7,9-14,17H,4,8,15-16,18-20H2,1-3H3/t27-/m0/s1. The van der Waals surface area contributed by atoms with E-state index in [2.05, 4.69) is 22.2 Å². The van der Waals surface area contributed by atoms with Crippen LogP contribution in [0, 0.1) is 5.41 Å². The summed E-state index contributed by atoms with van der Waals surface area (Å²) in [6, 6.07) is 20.2. The second-order valence-electron chi connectivity index (χ2n) is 9.09. The van der Waals surface area contributed by atoms with Gasteiger partial charge in [0.15, 0.2) is 0 Å². The number of benzene rings is 2. The van der Waals surface area contributed by atoms with Crippen molar-refractivity contribution in [2.24, 2.45) is 5.41 Å². The van der Waals surface area contributed by atoms with Crippen LogP contribution in [0.4, 0.5) is 0 Å². The third-order valence-corrected chi connectivity index (χ3v) is 6.30. The maximum Gasteiger partial charge on any atom is 0.230 e. The van der Waals surface area contributed by atoms with Gasteiger partial charge in [0.25, 0.3) is 0 Å². The molecule has 1 atom stereocenters. The normalized spacial score (nSPS) is 18.8. The van der Waals surface area contributed by atoms with E-state index in [0.717, 1.165) is 48.7 Å². The van der Waals surface area contributed by atoms with Crippen LogP contribution >= 0.6 is 0 Å². The number of ether oxygens (including phenoxy) is 1. The lowest BCUT2D eigenvalue weighted by Crippen LogP contribution is -2.52. The maximum absolute atomic E-state index is 13.4. The van der Waals surface area contributed by atoms with Gasteiger partial charge in [-0.25, -0.2) is 0 Å². The third kappa shape index (κ3) is 5.45. The van der Waals surface area contributed by atoms with Crippen LogP contribution in [-0.2, 0) is 17.8 Å². The molecule has 1 fully saturated rings. The van der Waals surface area contributed by atoms with Crippen molar-refractivity contribution in [2.75, 3.05) is 33.8 Å². The molecule has 0 saturated carbocycles. The van der Waals surface area contributed by atoms with Crippen LogP contribution in [0.5, 0.6) is 5.75 Å². The Hall–Kier alpha value is -3.12. The number of amides is 1. The van der Waals surface area contributed by atoms with Gasteiger partial charge in [0.05, 0.1) is 12.0 Å². The molecule has 0 unspecified atom stereocenters. The summed E-state index contributed by atoms with van der Waals surface area (Å²) in [7, 11) is 3.68. The van der Waals surface area contributed by atoms with Gasteiger partial charge in [0.1, 0.15) is 17.2 Å². The average molecular weight is 448 g/mol. The van der Waals surface area contributed by atoms with Crippen LogP contribution in [0.15, 0.2) is 65.2 Å². The van der Waals surface area contributed by atoms with Gasteiger partial charge in [-0.3, -0.25) is 9.69 Å². The first-order valence-electron chi connectivity index (χ1n) is 11.7. The first-order valence-corrected chi connectivity index (χ1v) is 11.7. The second kappa shape index (κ2) is 10.2. The summed E-state index contributed by atoms with van der Waals surface area (Å²) < 4.78 is 11.3. The largest absolute Gasteiger partial charge is 0.494 e. The van der Waals surface area contributed by atoms with Crippen LogP contribution in [-0.4, -0.2) is 54.7 Å². The topological polar surface area (TPSA) is 58.8 Å². The molecule has 1 saturated heterocycles. The smallest absolute Gasteiger partial charge is 0.230 e. The van der Waals surface area contributed by atoms with E-state index < -0.39 is 5.41 Å². The van der Waals surface area contributed by atoms with E-state index in [1.165, 1.54) is 5.56 Å². The highest BCUT2D eigenvalue weighted by molar-refractivity contribution is 5.83. The number of aromatic nitrogens is 1. The summed E-state index contributed by atoms with van der Waals surface area (Å²) in [5, 5.41) is 4.27. The van der Waals surface area contributed by atoms with Crippen molar-refractivity contribution in [2.45, 2.75) is 32.7 Å². The molecule has 6 heteroatoms. The summed E-state index contributed by atoms with van der Waals surface area (Å²) in [5.41, 5.74) is 2.51. The van der Waals surface area contributed by atoms with Crippen LogP contribution in [0.2, 0.25) is 0 Å². The number of rotatable bonds is 8. The van der Waals surface area contributed by atoms with Gasteiger partial charge in [-0.05, 0) is 44.0 Å². The van der Waals surface area contributed by atoms with Crippen LogP contribution in [0.25, 0.3) is 11.3 Å². The predicted molar refractivity (Wildman–Crippen MR) is 129 cm³/mol. The Kier molecular flexibility index (Phi) is 7.14. The molecule has 174 valence electrons.